The zero-order valence-corrected chi connectivity index (χ0v) is 18.0. The number of nitrogens with zero attached hydrogens (tertiary/aromatic N) is 3. The number of ether oxygens (including phenoxy) is 1. The molecule has 0 atom stereocenters. The van der Waals surface area contributed by atoms with E-state index in [9.17, 15) is 13.2 Å². The van der Waals surface area contributed by atoms with E-state index in [4.69, 9.17) is 4.74 Å². The van der Waals surface area contributed by atoms with Crippen LogP contribution in [0.3, 0.4) is 0 Å². The van der Waals surface area contributed by atoms with Gasteiger partial charge in [-0.1, -0.05) is 24.3 Å². The number of likely N-dealkylation sites (N-methyl/N-ethyl adjacent to an activating group) is 1. The molecule has 1 aliphatic rings. The maximum atomic E-state index is 13.1. The molecule has 166 valence electrons. The minimum atomic E-state index is -4.40. The first-order valence-electron chi connectivity index (χ1n) is 10.7. The Labute approximate surface area is 180 Å². The quantitative estimate of drug-likeness (QED) is 0.537. The first-order chi connectivity index (χ1) is 14.8. The van der Waals surface area contributed by atoms with Gasteiger partial charge in [-0.25, -0.2) is 0 Å². The van der Waals surface area contributed by atoms with Crippen molar-refractivity contribution < 1.29 is 17.9 Å². The standard InChI is InChI=1S/C24H28F3N3O/c1-28-13-15-30(16-14-28)12-6-10-21-20-9-3-4-11-22(20)29(2)23(21)31-19-8-5-7-18(17-19)24(25,26)27/h3-5,7-9,11,17H,6,10,12-16H2,1-2H3. The number of benzene rings is 2. The monoisotopic (exact) mass is 431 g/mol. The number of aromatic nitrogens is 1. The van der Waals surface area contributed by atoms with Crippen LogP contribution in [0, 0.1) is 0 Å². The maximum absolute atomic E-state index is 13.1. The number of aryl methyl sites for hydroxylation is 2. The lowest BCUT2D eigenvalue weighted by atomic mass is 10.1. The van der Waals surface area contributed by atoms with Gasteiger partial charge in [0.05, 0.1) is 11.1 Å². The number of fused-ring (bicyclic) bond motifs is 1. The Morgan fingerprint density at radius 1 is 0.935 bits per heavy atom. The summed E-state index contributed by atoms with van der Waals surface area (Å²) in [5.74, 6) is 0.806. The van der Waals surface area contributed by atoms with Crippen molar-refractivity contribution in [3.8, 4) is 11.6 Å². The van der Waals surface area contributed by atoms with Crippen molar-refractivity contribution in [2.45, 2.75) is 19.0 Å². The van der Waals surface area contributed by atoms with Crippen LogP contribution in [0.1, 0.15) is 17.5 Å². The summed E-state index contributed by atoms with van der Waals surface area (Å²) in [6.07, 6.45) is -2.62. The van der Waals surface area contributed by atoms with E-state index >= 15 is 0 Å². The van der Waals surface area contributed by atoms with Crippen LogP contribution in [0.4, 0.5) is 13.2 Å². The van der Waals surface area contributed by atoms with Gasteiger partial charge in [0, 0.05) is 44.2 Å². The van der Waals surface area contributed by atoms with E-state index in [2.05, 4.69) is 22.9 Å². The van der Waals surface area contributed by atoms with Crippen LogP contribution >= 0.6 is 0 Å². The maximum Gasteiger partial charge on any atom is 0.416 e. The van der Waals surface area contributed by atoms with Gasteiger partial charge in [-0.05, 0) is 50.7 Å². The van der Waals surface area contributed by atoms with Crippen molar-refractivity contribution in [1.29, 1.82) is 0 Å². The number of hydrogen-bond donors (Lipinski definition) is 0. The predicted octanol–water partition coefficient (Wildman–Crippen LogP) is 5.17. The van der Waals surface area contributed by atoms with Gasteiger partial charge in [0.25, 0.3) is 0 Å². The Bertz CT molecular complexity index is 1040. The van der Waals surface area contributed by atoms with E-state index in [1.807, 2.05) is 29.8 Å². The van der Waals surface area contributed by atoms with Crippen molar-refractivity contribution in [2.75, 3.05) is 39.8 Å². The summed E-state index contributed by atoms with van der Waals surface area (Å²) in [5.41, 5.74) is 1.35. The van der Waals surface area contributed by atoms with E-state index in [1.165, 1.54) is 6.07 Å². The van der Waals surface area contributed by atoms with Gasteiger partial charge >= 0.3 is 6.18 Å². The first kappa shape index (κ1) is 21.7. The van der Waals surface area contributed by atoms with Crippen molar-refractivity contribution in [3.63, 3.8) is 0 Å². The molecule has 1 aliphatic heterocycles. The zero-order valence-electron chi connectivity index (χ0n) is 18.0. The third-order valence-electron chi connectivity index (χ3n) is 6.03. The summed E-state index contributed by atoms with van der Waals surface area (Å²) in [4.78, 5) is 4.81. The smallest absolute Gasteiger partial charge is 0.416 e. The molecule has 0 spiro atoms. The van der Waals surface area contributed by atoms with Gasteiger partial charge in [0.15, 0.2) is 0 Å². The molecule has 0 saturated carbocycles. The Morgan fingerprint density at radius 2 is 1.68 bits per heavy atom. The highest BCUT2D eigenvalue weighted by Crippen LogP contribution is 2.37. The van der Waals surface area contributed by atoms with Gasteiger partial charge in [-0.15, -0.1) is 0 Å². The molecule has 0 N–H and O–H groups in total. The minimum absolute atomic E-state index is 0.195. The van der Waals surface area contributed by atoms with Crippen molar-refractivity contribution >= 4 is 10.9 Å². The Balaban J connectivity index is 1.57. The Kier molecular flexibility index (Phi) is 6.25. The number of halogens is 3. The van der Waals surface area contributed by atoms with E-state index < -0.39 is 11.7 Å². The highest BCUT2D eigenvalue weighted by molar-refractivity contribution is 5.87. The molecule has 1 saturated heterocycles. The minimum Gasteiger partial charge on any atom is -0.441 e. The number of piperazine rings is 1. The highest BCUT2D eigenvalue weighted by Gasteiger charge is 2.31. The second-order valence-electron chi connectivity index (χ2n) is 8.24. The van der Waals surface area contributed by atoms with Crippen molar-refractivity contribution in [2.24, 2.45) is 7.05 Å². The zero-order chi connectivity index (χ0) is 22.0. The van der Waals surface area contributed by atoms with Crippen LogP contribution in [-0.4, -0.2) is 54.1 Å². The van der Waals surface area contributed by atoms with E-state index in [0.717, 1.165) is 74.2 Å². The molecule has 0 unspecified atom stereocenters. The van der Waals surface area contributed by atoms with Gasteiger partial charge in [0.2, 0.25) is 5.88 Å². The lowest BCUT2D eigenvalue weighted by molar-refractivity contribution is -0.137. The third-order valence-corrected chi connectivity index (χ3v) is 6.03. The average Bonchev–Trinajstić information content (AvgIpc) is 3.01. The molecule has 0 bridgehead atoms. The molecule has 31 heavy (non-hydrogen) atoms. The Morgan fingerprint density at radius 3 is 2.42 bits per heavy atom. The molecule has 0 radical (unpaired) electrons. The topological polar surface area (TPSA) is 20.6 Å². The molecule has 2 heterocycles. The fourth-order valence-electron chi connectivity index (χ4n) is 4.22. The molecule has 3 aromatic rings. The fourth-order valence-corrected chi connectivity index (χ4v) is 4.22. The molecule has 7 heteroatoms. The normalized spacial score (nSPS) is 16.2. The van der Waals surface area contributed by atoms with Crippen LogP contribution in [0.25, 0.3) is 10.9 Å². The lowest BCUT2D eigenvalue weighted by Gasteiger charge is -2.32. The predicted molar refractivity (Wildman–Crippen MR) is 117 cm³/mol. The second kappa shape index (κ2) is 8.93. The summed E-state index contributed by atoms with van der Waals surface area (Å²) in [7, 11) is 4.04. The van der Waals surface area contributed by atoms with Crippen LogP contribution in [0.5, 0.6) is 11.6 Å². The SMILES string of the molecule is CN1CCN(CCCc2c(Oc3cccc(C(F)(F)F)c3)n(C)c3ccccc23)CC1. The molecule has 1 fully saturated rings. The fraction of sp³-hybridized carbons (Fsp3) is 0.417. The molecule has 4 rings (SSSR count). The lowest BCUT2D eigenvalue weighted by Crippen LogP contribution is -2.44. The highest BCUT2D eigenvalue weighted by atomic mass is 19.4. The summed E-state index contributed by atoms with van der Waals surface area (Å²) in [5, 5.41) is 1.09. The number of para-hydroxylation sites is 1. The third kappa shape index (κ3) is 4.88. The number of hydrogen-bond acceptors (Lipinski definition) is 3. The first-order valence-corrected chi connectivity index (χ1v) is 10.7. The largest absolute Gasteiger partial charge is 0.441 e. The second-order valence-corrected chi connectivity index (χ2v) is 8.24. The summed E-state index contributed by atoms with van der Waals surface area (Å²) < 4.78 is 47.4. The van der Waals surface area contributed by atoms with Gasteiger partial charge in [-0.2, -0.15) is 13.2 Å². The van der Waals surface area contributed by atoms with Gasteiger partial charge in [0.1, 0.15) is 5.75 Å². The van der Waals surface area contributed by atoms with Crippen LogP contribution < -0.4 is 4.74 Å². The molecular weight excluding hydrogens is 403 g/mol. The van der Waals surface area contributed by atoms with E-state index in [-0.39, 0.29) is 5.75 Å². The molecular formula is C24H28F3N3O. The average molecular weight is 432 g/mol. The van der Waals surface area contributed by atoms with E-state index in [0.29, 0.717) is 5.88 Å². The van der Waals surface area contributed by atoms with Crippen LogP contribution in [0.2, 0.25) is 0 Å². The molecule has 0 amide bonds. The van der Waals surface area contributed by atoms with Crippen LogP contribution in [0.15, 0.2) is 48.5 Å². The van der Waals surface area contributed by atoms with Gasteiger partial charge in [-0.3, -0.25) is 0 Å². The van der Waals surface area contributed by atoms with Crippen molar-refractivity contribution in [1.82, 2.24) is 14.4 Å². The molecule has 2 aromatic carbocycles. The molecule has 4 nitrogen and oxygen atoms in total. The molecule has 1 aromatic heterocycles. The van der Waals surface area contributed by atoms with Crippen LogP contribution in [-0.2, 0) is 19.6 Å². The summed E-state index contributed by atoms with van der Waals surface area (Å²) in [6.45, 7) is 5.30. The number of rotatable bonds is 6. The summed E-state index contributed by atoms with van der Waals surface area (Å²) in [6, 6.07) is 13.1. The summed E-state index contributed by atoms with van der Waals surface area (Å²) >= 11 is 0. The Hall–Kier alpha value is -2.51. The van der Waals surface area contributed by atoms with Crippen molar-refractivity contribution in [3.05, 3.63) is 59.7 Å². The number of alkyl halides is 3. The molecule has 0 aliphatic carbocycles. The van der Waals surface area contributed by atoms with Gasteiger partial charge < -0.3 is 19.1 Å². The van der Waals surface area contributed by atoms with E-state index in [1.54, 1.807) is 6.07 Å².